The molecular weight excluding hydrogens is 434 g/mol. The first-order chi connectivity index (χ1) is 15.3. The van der Waals surface area contributed by atoms with Gasteiger partial charge in [0.1, 0.15) is 5.03 Å². The van der Waals surface area contributed by atoms with Crippen LogP contribution in [0.15, 0.2) is 41.7 Å². The van der Waals surface area contributed by atoms with Gasteiger partial charge in [0.15, 0.2) is 0 Å². The smallest absolute Gasteiger partial charge is 0.114 e. The van der Waals surface area contributed by atoms with Crippen molar-refractivity contribution in [1.82, 2.24) is 14.7 Å². The molecule has 3 aliphatic carbocycles. The molecule has 6 heteroatoms. The molecule has 0 unspecified atom stereocenters. The van der Waals surface area contributed by atoms with Crippen LogP contribution >= 0.6 is 11.8 Å². The Balaban J connectivity index is 1.29. The molecule has 0 saturated heterocycles. The zero-order chi connectivity index (χ0) is 22.3. The first-order valence-corrected chi connectivity index (χ1v) is 14.2. The highest BCUT2D eigenvalue weighted by molar-refractivity contribution is 7.99. The molecule has 1 N–H and O–H groups in total. The molecule has 2 atom stereocenters. The summed E-state index contributed by atoms with van der Waals surface area (Å²) < 4.78 is 16.3. The second-order valence-corrected chi connectivity index (χ2v) is 14.0. The molecule has 0 amide bonds. The summed E-state index contributed by atoms with van der Waals surface area (Å²) in [6.45, 7) is 6.14. The minimum atomic E-state index is -1.09. The Morgan fingerprint density at radius 1 is 1.09 bits per heavy atom. The van der Waals surface area contributed by atoms with E-state index in [0.29, 0.717) is 5.92 Å². The van der Waals surface area contributed by atoms with Crippen LogP contribution in [0.3, 0.4) is 0 Å². The van der Waals surface area contributed by atoms with Crippen LogP contribution in [-0.2, 0) is 17.4 Å². The van der Waals surface area contributed by atoms with E-state index >= 15 is 0 Å². The minimum Gasteiger partial charge on any atom is -0.257 e. The summed E-state index contributed by atoms with van der Waals surface area (Å²) in [5.74, 6) is 2.57. The van der Waals surface area contributed by atoms with Crippen molar-refractivity contribution in [2.75, 3.05) is 5.75 Å². The van der Waals surface area contributed by atoms with Gasteiger partial charge < -0.3 is 0 Å². The molecule has 4 nitrogen and oxygen atoms in total. The lowest BCUT2D eigenvalue weighted by molar-refractivity contribution is 0.140. The summed E-state index contributed by atoms with van der Waals surface area (Å²) in [6, 6.07) is 8.91. The Morgan fingerprint density at radius 2 is 1.84 bits per heavy atom. The molecule has 5 rings (SSSR count). The molecule has 1 heterocycles. The lowest BCUT2D eigenvalue weighted by Crippen LogP contribution is -2.43. The minimum absolute atomic E-state index is 0.147. The van der Waals surface area contributed by atoms with E-state index in [2.05, 4.69) is 29.0 Å². The first kappa shape index (κ1) is 22.5. The number of rotatable bonds is 6. The summed E-state index contributed by atoms with van der Waals surface area (Å²) in [5, 5.41) is 1.06. The molecule has 2 aromatic rings. The molecule has 0 aliphatic heterocycles. The van der Waals surface area contributed by atoms with Crippen LogP contribution in [0.25, 0.3) is 0 Å². The Kier molecular flexibility index (Phi) is 6.23. The van der Waals surface area contributed by atoms with E-state index in [9.17, 15) is 4.21 Å². The zero-order valence-corrected chi connectivity index (χ0v) is 21.1. The van der Waals surface area contributed by atoms with Crippen LogP contribution in [-0.4, -0.2) is 24.7 Å². The Hall–Kier alpha value is -1.24. The van der Waals surface area contributed by atoms with Crippen molar-refractivity contribution in [3.63, 3.8) is 0 Å². The van der Waals surface area contributed by atoms with Crippen molar-refractivity contribution in [3.8, 4) is 0 Å². The summed E-state index contributed by atoms with van der Waals surface area (Å²) in [5.41, 5.74) is 4.06. The fraction of sp³-hybridized carbons (Fsp3) is 0.615. The topological polar surface area (TPSA) is 54.9 Å². The van der Waals surface area contributed by atoms with Crippen molar-refractivity contribution >= 4 is 22.7 Å². The van der Waals surface area contributed by atoms with Crippen molar-refractivity contribution in [2.24, 2.45) is 11.3 Å². The molecule has 1 aromatic heterocycles. The number of nitrogens with zero attached hydrogens (tertiary/aromatic N) is 2. The van der Waals surface area contributed by atoms with Gasteiger partial charge in [-0.3, -0.25) is 4.98 Å². The van der Waals surface area contributed by atoms with E-state index in [1.54, 1.807) is 0 Å². The number of thioether (sulfide) groups is 1. The fourth-order valence-electron chi connectivity index (χ4n) is 5.31. The summed E-state index contributed by atoms with van der Waals surface area (Å²) in [7, 11) is -1.09. The Labute approximate surface area is 199 Å². The van der Waals surface area contributed by atoms with E-state index in [1.165, 1.54) is 29.7 Å². The second kappa shape index (κ2) is 8.84. The number of fused-ring (bicyclic) bond motifs is 1. The average molecular weight is 470 g/mol. The number of nitrogens with one attached hydrogen (secondary N) is 1. The van der Waals surface area contributed by atoms with Gasteiger partial charge in [-0.2, -0.15) is 0 Å². The predicted octanol–water partition coefficient (Wildman–Crippen LogP) is 5.97. The van der Waals surface area contributed by atoms with Crippen LogP contribution in [0.5, 0.6) is 0 Å². The molecule has 0 radical (unpaired) electrons. The van der Waals surface area contributed by atoms with Crippen molar-refractivity contribution in [3.05, 3.63) is 53.5 Å². The highest BCUT2D eigenvalue weighted by Gasteiger charge is 2.49. The summed E-state index contributed by atoms with van der Waals surface area (Å²) in [4.78, 5) is 9.51. The second-order valence-electron chi connectivity index (χ2n) is 11.0. The highest BCUT2D eigenvalue weighted by atomic mass is 32.2. The summed E-state index contributed by atoms with van der Waals surface area (Å²) in [6.07, 6.45) is 12.3. The Morgan fingerprint density at radius 3 is 2.50 bits per heavy atom. The van der Waals surface area contributed by atoms with E-state index < -0.39 is 11.0 Å². The SMILES string of the molecule is CC(C)(C)[S@@](=O)N[C@H]1c2ccccc2CC12CCC(c1cnc(SCC3CC3)cn1)CC2. The molecule has 1 spiro atoms. The normalized spacial score (nSPS) is 28.6. The molecule has 172 valence electrons. The van der Waals surface area contributed by atoms with Gasteiger partial charge in [0.25, 0.3) is 0 Å². The van der Waals surface area contributed by atoms with Gasteiger partial charge in [-0.15, -0.1) is 11.8 Å². The van der Waals surface area contributed by atoms with Crippen LogP contribution in [0, 0.1) is 11.3 Å². The maximum absolute atomic E-state index is 13.1. The number of aromatic nitrogens is 2. The zero-order valence-electron chi connectivity index (χ0n) is 19.5. The predicted molar refractivity (Wildman–Crippen MR) is 133 cm³/mol. The molecule has 2 fully saturated rings. The molecule has 0 bridgehead atoms. The third kappa shape index (κ3) is 4.69. The number of benzene rings is 1. The maximum atomic E-state index is 13.1. The number of hydrogen-bond acceptors (Lipinski definition) is 4. The quantitative estimate of drug-likeness (QED) is 0.529. The van der Waals surface area contributed by atoms with Gasteiger partial charge in [-0.05, 0) is 88.2 Å². The van der Waals surface area contributed by atoms with E-state index in [4.69, 9.17) is 9.97 Å². The van der Waals surface area contributed by atoms with Gasteiger partial charge in [0, 0.05) is 17.9 Å². The van der Waals surface area contributed by atoms with E-state index in [1.807, 2.05) is 44.9 Å². The molecule has 2 saturated carbocycles. The third-order valence-electron chi connectivity index (χ3n) is 7.51. The lowest BCUT2D eigenvalue weighted by atomic mass is 9.66. The van der Waals surface area contributed by atoms with E-state index in [-0.39, 0.29) is 16.2 Å². The average Bonchev–Trinajstić information content (AvgIpc) is 3.57. The van der Waals surface area contributed by atoms with Gasteiger partial charge in [0.05, 0.1) is 33.7 Å². The largest absolute Gasteiger partial charge is 0.257 e. The highest BCUT2D eigenvalue weighted by Crippen LogP contribution is 2.56. The van der Waals surface area contributed by atoms with E-state index in [0.717, 1.165) is 48.7 Å². The van der Waals surface area contributed by atoms with Crippen LogP contribution in [0.1, 0.15) is 88.1 Å². The maximum Gasteiger partial charge on any atom is 0.114 e. The van der Waals surface area contributed by atoms with Crippen molar-refractivity contribution in [1.29, 1.82) is 0 Å². The van der Waals surface area contributed by atoms with Gasteiger partial charge in [-0.25, -0.2) is 13.9 Å². The third-order valence-corrected chi connectivity index (χ3v) is 10.2. The van der Waals surface area contributed by atoms with Crippen LogP contribution in [0.2, 0.25) is 0 Å². The van der Waals surface area contributed by atoms with Crippen LogP contribution < -0.4 is 4.72 Å². The van der Waals surface area contributed by atoms with Gasteiger partial charge >= 0.3 is 0 Å². The van der Waals surface area contributed by atoms with Crippen molar-refractivity contribution < 1.29 is 4.21 Å². The monoisotopic (exact) mass is 469 g/mol. The Bertz CT molecular complexity index is 973. The molecule has 3 aliphatic rings. The number of hydrogen-bond donors (Lipinski definition) is 1. The van der Waals surface area contributed by atoms with Crippen LogP contribution in [0.4, 0.5) is 0 Å². The molecular formula is C26H35N3OS2. The summed E-state index contributed by atoms with van der Waals surface area (Å²) >= 11 is 1.85. The fourth-order valence-corrected chi connectivity index (χ4v) is 7.25. The van der Waals surface area contributed by atoms with Gasteiger partial charge in [0.2, 0.25) is 0 Å². The van der Waals surface area contributed by atoms with Crippen molar-refractivity contribution in [2.45, 2.75) is 87.4 Å². The lowest BCUT2D eigenvalue weighted by Gasteiger charge is -2.42. The molecule has 1 aromatic carbocycles. The van der Waals surface area contributed by atoms with Gasteiger partial charge in [-0.1, -0.05) is 24.3 Å². The first-order valence-electron chi connectivity index (χ1n) is 12.0. The molecule has 32 heavy (non-hydrogen) atoms. The standard InChI is InChI=1S/C26H35N3OS2/c1-25(2,3)32(30)29-24-21-7-5-4-6-20(21)14-26(24)12-10-19(11-13-26)22-15-28-23(16-27-22)31-17-18-8-9-18/h4-7,15-16,18-19,24,29H,8-14,17H2,1-3H3/t19?,24-,26?,32+/m0/s1.